The Morgan fingerprint density at radius 2 is 1.88 bits per heavy atom. The zero-order valence-corrected chi connectivity index (χ0v) is 15.5. The first kappa shape index (κ1) is 19.5. The van der Waals surface area contributed by atoms with Gasteiger partial charge in [-0.2, -0.15) is 0 Å². The minimum atomic E-state index is -0.779. The summed E-state index contributed by atoms with van der Waals surface area (Å²) in [6, 6.07) is 6.27. The van der Waals surface area contributed by atoms with Crippen molar-refractivity contribution in [2.75, 3.05) is 12.4 Å². The molecule has 1 amide bonds. The molecule has 0 atom stereocenters. The number of nitrogens with zero attached hydrogens (tertiary/aromatic N) is 2. The molecule has 0 radical (unpaired) electrons. The molecular weight excluding hydrogens is 360 g/mol. The number of benzene rings is 1. The second-order valence-corrected chi connectivity index (χ2v) is 6.69. The second-order valence-electron chi connectivity index (χ2n) is 6.31. The van der Waals surface area contributed by atoms with E-state index in [4.69, 9.17) is 26.8 Å². The summed E-state index contributed by atoms with van der Waals surface area (Å²) in [6.45, 7) is 5.30. The van der Waals surface area contributed by atoms with Gasteiger partial charge in [-0.15, -0.1) is 10.2 Å². The molecule has 0 saturated carbocycles. The van der Waals surface area contributed by atoms with Crippen molar-refractivity contribution in [2.24, 2.45) is 5.73 Å². The van der Waals surface area contributed by atoms with Gasteiger partial charge in [-0.3, -0.25) is 4.79 Å². The van der Waals surface area contributed by atoms with E-state index in [0.29, 0.717) is 5.69 Å². The van der Waals surface area contributed by atoms with Gasteiger partial charge in [0.1, 0.15) is 11.2 Å². The Bertz CT molecular complexity index is 849. The van der Waals surface area contributed by atoms with Crippen molar-refractivity contribution in [3.63, 3.8) is 0 Å². The highest BCUT2D eigenvalue weighted by Gasteiger charge is 2.23. The minimum Gasteiger partial charge on any atom is -0.494 e. The van der Waals surface area contributed by atoms with Crippen molar-refractivity contribution in [1.29, 1.82) is 0 Å². The Morgan fingerprint density at radius 3 is 2.46 bits per heavy atom. The van der Waals surface area contributed by atoms with Crippen LogP contribution in [0.5, 0.6) is 5.75 Å². The number of nitrogens with two attached hydrogens (primary N) is 1. The Kier molecular flexibility index (Phi) is 5.66. The number of methoxy groups -OCH3 is 1. The molecule has 8 nitrogen and oxygen atoms in total. The van der Waals surface area contributed by atoms with E-state index in [1.54, 1.807) is 39.0 Å². The summed E-state index contributed by atoms with van der Waals surface area (Å²) >= 11 is 5.84. The number of primary amides is 1. The summed E-state index contributed by atoms with van der Waals surface area (Å²) in [6.07, 6.45) is 0. The van der Waals surface area contributed by atoms with Crippen molar-refractivity contribution in [1.82, 2.24) is 10.2 Å². The van der Waals surface area contributed by atoms with Crippen LogP contribution in [0.15, 0.2) is 24.3 Å². The molecule has 1 aromatic carbocycles. The Balaban J connectivity index is 2.46. The van der Waals surface area contributed by atoms with Crippen LogP contribution in [0.3, 0.4) is 0 Å². The van der Waals surface area contributed by atoms with Gasteiger partial charge in [0.2, 0.25) is 0 Å². The molecule has 0 unspecified atom stereocenters. The molecule has 26 heavy (non-hydrogen) atoms. The van der Waals surface area contributed by atoms with E-state index in [9.17, 15) is 9.59 Å². The molecule has 0 bridgehead atoms. The standard InChI is InChI=1S/C17H19ClN4O4/c1-17(2,3)26-16(24)9-6-5-7-10(14(9)25-4)20-11-8-12(18)21-22-13(11)15(19)23/h5-8H,1-4H3,(H2,19,23)(H,20,21). The van der Waals surface area contributed by atoms with Gasteiger partial charge in [0.15, 0.2) is 16.6 Å². The second kappa shape index (κ2) is 7.57. The van der Waals surface area contributed by atoms with Crippen LogP contribution in [0.25, 0.3) is 0 Å². The van der Waals surface area contributed by atoms with E-state index < -0.39 is 17.5 Å². The van der Waals surface area contributed by atoms with E-state index in [2.05, 4.69) is 15.5 Å². The molecule has 3 N–H and O–H groups in total. The summed E-state index contributed by atoms with van der Waals surface area (Å²) in [4.78, 5) is 24.0. The molecule has 0 fully saturated rings. The third-order valence-corrected chi connectivity index (χ3v) is 3.29. The van der Waals surface area contributed by atoms with E-state index in [1.165, 1.54) is 13.2 Å². The molecule has 0 aliphatic carbocycles. The van der Waals surface area contributed by atoms with Crippen LogP contribution >= 0.6 is 11.6 Å². The smallest absolute Gasteiger partial charge is 0.342 e. The number of halogens is 1. The first-order chi connectivity index (χ1) is 12.1. The maximum absolute atomic E-state index is 12.4. The lowest BCUT2D eigenvalue weighted by molar-refractivity contribution is 0.00665. The number of para-hydroxylation sites is 1. The number of rotatable bonds is 5. The van der Waals surface area contributed by atoms with Crippen molar-refractivity contribution in [3.8, 4) is 5.75 Å². The van der Waals surface area contributed by atoms with Crippen LogP contribution in [0.4, 0.5) is 11.4 Å². The van der Waals surface area contributed by atoms with Gasteiger partial charge in [0.25, 0.3) is 5.91 Å². The molecule has 138 valence electrons. The summed E-state index contributed by atoms with van der Waals surface area (Å²) in [5, 5.41) is 10.3. The van der Waals surface area contributed by atoms with Crippen molar-refractivity contribution in [3.05, 3.63) is 40.7 Å². The summed E-state index contributed by atoms with van der Waals surface area (Å²) < 4.78 is 10.8. The van der Waals surface area contributed by atoms with Gasteiger partial charge in [0.05, 0.1) is 18.5 Å². The number of hydrogen-bond donors (Lipinski definition) is 2. The van der Waals surface area contributed by atoms with Crippen LogP contribution in [0.2, 0.25) is 5.15 Å². The molecular formula is C17H19ClN4O4. The number of carbonyl (C=O) groups is 2. The van der Waals surface area contributed by atoms with E-state index in [-0.39, 0.29) is 27.8 Å². The van der Waals surface area contributed by atoms with Gasteiger partial charge < -0.3 is 20.5 Å². The van der Waals surface area contributed by atoms with Gasteiger partial charge in [-0.25, -0.2) is 4.79 Å². The third kappa shape index (κ3) is 4.60. The average Bonchev–Trinajstić information content (AvgIpc) is 2.52. The number of anilines is 2. The monoisotopic (exact) mass is 378 g/mol. The predicted molar refractivity (Wildman–Crippen MR) is 97.0 cm³/mol. The zero-order chi connectivity index (χ0) is 19.5. The lowest BCUT2D eigenvalue weighted by Gasteiger charge is -2.21. The number of amides is 1. The summed E-state index contributed by atoms with van der Waals surface area (Å²) in [5.74, 6) is -1.08. The van der Waals surface area contributed by atoms with Gasteiger partial charge in [0, 0.05) is 6.07 Å². The SMILES string of the molecule is COc1c(Nc2cc(Cl)nnc2C(N)=O)cccc1C(=O)OC(C)(C)C. The molecule has 1 heterocycles. The molecule has 0 aliphatic rings. The largest absolute Gasteiger partial charge is 0.494 e. The van der Waals surface area contributed by atoms with E-state index in [0.717, 1.165) is 0 Å². The number of nitrogens with one attached hydrogen (secondary N) is 1. The molecule has 0 saturated heterocycles. The average molecular weight is 379 g/mol. The summed E-state index contributed by atoms with van der Waals surface area (Å²) in [7, 11) is 1.42. The number of ether oxygens (including phenoxy) is 2. The van der Waals surface area contributed by atoms with E-state index >= 15 is 0 Å². The highest BCUT2D eigenvalue weighted by Crippen LogP contribution is 2.33. The Labute approximate surface area is 155 Å². The fourth-order valence-corrected chi connectivity index (χ4v) is 2.29. The minimum absolute atomic E-state index is 0.0692. The third-order valence-electron chi connectivity index (χ3n) is 3.10. The van der Waals surface area contributed by atoms with Crippen molar-refractivity contribution < 1.29 is 19.1 Å². The summed E-state index contributed by atoms with van der Waals surface area (Å²) in [5.41, 5.74) is 5.41. The number of hydrogen-bond acceptors (Lipinski definition) is 7. The molecule has 1 aromatic heterocycles. The first-order valence-electron chi connectivity index (χ1n) is 7.63. The Morgan fingerprint density at radius 1 is 1.19 bits per heavy atom. The van der Waals surface area contributed by atoms with Crippen molar-refractivity contribution >= 4 is 34.9 Å². The van der Waals surface area contributed by atoms with Crippen LogP contribution in [-0.4, -0.2) is 34.8 Å². The zero-order valence-electron chi connectivity index (χ0n) is 14.8. The molecule has 0 aliphatic heterocycles. The Hall–Kier alpha value is -2.87. The van der Waals surface area contributed by atoms with E-state index in [1.807, 2.05) is 0 Å². The molecule has 9 heteroatoms. The van der Waals surface area contributed by atoms with Crippen LogP contribution in [-0.2, 0) is 4.74 Å². The molecule has 2 rings (SSSR count). The van der Waals surface area contributed by atoms with Crippen LogP contribution in [0.1, 0.15) is 41.6 Å². The van der Waals surface area contributed by atoms with Crippen molar-refractivity contribution in [2.45, 2.75) is 26.4 Å². The topological polar surface area (TPSA) is 116 Å². The number of aromatic nitrogens is 2. The number of carbonyl (C=O) groups excluding carboxylic acids is 2. The fourth-order valence-electron chi connectivity index (χ4n) is 2.14. The highest BCUT2D eigenvalue weighted by molar-refractivity contribution is 6.29. The van der Waals surface area contributed by atoms with Gasteiger partial charge >= 0.3 is 5.97 Å². The first-order valence-corrected chi connectivity index (χ1v) is 8.00. The molecule has 0 spiro atoms. The normalized spacial score (nSPS) is 11.0. The number of esters is 1. The predicted octanol–water partition coefficient (Wildman–Crippen LogP) is 2.94. The lowest BCUT2D eigenvalue weighted by Crippen LogP contribution is -2.24. The maximum atomic E-state index is 12.4. The molecule has 2 aromatic rings. The maximum Gasteiger partial charge on any atom is 0.342 e. The highest BCUT2D eigenvalue weighted by atomic mass is 35.5. The fraction of sp³-hybridized carbons (Fsp3) is 0.294. The van der Waals surface area contributed by atoms with Gasteiger partial charge in [-0.1, -0.05) is 17.7 Å². The lowest BCUT2D eigenvalue weighted by atomic mass is 10.1. The van der Waals surface area contributed by atoms with Crippen LogP contribution < -0.4 is 15.8 Å². The van der Waals surface area contributed by atoms with Crippen LogP contribution in [0, 0.1) is 0 Å². The quantitative estimate of drug-likeness (QED) is 0.768. The van der Waals surface area contributed by atoms with Gasteiger partial charge in [-0.05, 0) is 32.9 Å².